The van der Waals surface area contributed by atoms with E-state index in [2.05, 4.69) is 0 Å². The van der Waals surface area contributed by atoms with Gasteiger partial charge in [0.2, 0.25) is 10.0 Å². The highest BCUT2D eigenvalue weighted by Crippen LogP contribution is 2.28. The van der Waals surface area contributed by atoms with Crippen LogP contribution in [0.1, 0.15) is 18.1 Å². The second kappa shape index (κ2) is 5.26. The van der Waals surface area contributed by atoms with Crippen LogP contribution in [-0.4, -0.2) is 37.5 Å². The highest BCUT2D eigenvalue weighted by atomic mass is 32.2. The number of aryl methyl sites for hydroxylation is 2. The average molecular weight is 272 g/mol. The van der Waals surface area contributed by atoms with Crippen molar-refractivity contribution in [1.82, 2.24) is 4.31 Å². The summed E-state index contributed by atoms with van der Waals surface area (Å²) in [5.41, 5.74) is 7.48. The Morgan fingerprint density at radius 2 is 1.83 bits per heavy atom. The normalized spacial score (nSPS) is 13.9. The number of hydrogen-bond donors (Lipinski definition) is 2. The molecule has 0 spiro atoms. The predicted octanol–water partition coefficient (Wildman–Crippen LogP) is 0.887. The number of likely N-dealkylation sites (N-methyl/N-ethyl adjacent to an activating group) is 1. The first kappa shape index (κ1) is 14.9. The lowest BCUT2D eigenvalue weighted by Gasteiger charge is -2.24. The summed E-state index contributed by atoms with van der Waals surface area (Å²) >= 11 is 0. The number of hydrogen-bond acceptors (Lipinski definition) is 4. The number of anilines is 1. The molecule has 1 aromatic rings. The number of aliphatic hydroxyl groups excluding tert-OH is 1. The van der Waals surface area contributed by atoms with E-state index in [9.17, 15) is 8.42 Å². The Labute approximate surface area is 108 Å². The van der Waals surface area contributed by atoms with Crippen molar-refractivity contribution in [2.24, 2.45) is 0 Å². The van der Waals surface area contributed by atoms with Crippen molar-refractivity contribution in [1.29, 1.82) is 0 Å². The van der Waals surface area contributed by atoms with Crippen LogP contribution in [0.15, 0.2) is 17.0 Å². The van der Waals surface area contributed by atoms with Gasteiger partial charge in [0, 0.05) is 13.1 Å². The summed E-state index contributed by atoms with van der Waals surface area (Å²) in [6.45, 7) is 4.88. The first-order valence-electron chi connectivity index (χ1n) is 5.68. The third-order valence-corrected chi connectivity index (χ3v) is 5.31. The van der Waals surface area contributed by atoms with Crippen LogP contribution in [0.2, 0.25) is 0 Å². The fraction of sp³-hybridized carbons (Fsp3) is 0.500. The molecular formula is C12H20N2O3S. The smallest absolute Gasteiger partial charge is 0.245 e. The zero-order chi connectivity index (χ0) is 14.1. The molecule has 0 amide bonds. The number of benzene rings is 1. The molecule has 0 heterocycles. The lowest BCUT2D eigenvalue weighted by atomic mass is 10.1. The van der Waals surface area contributed by atoms with E-state index in [-0.39, 0.29) is 17.2 Å². The van der Waals surface area contributed by atoms with E-state index in [1.165, 1.54) is 7.05 Å². The van der Waals surface area contributed by atoms with Gasteiger partial charge in [0.05, 0.1) is 12.3 Å². The van der Waals surface area contributed by atoms with E-state index in [0.29, 0.717) is 5.56 Å². The Hall–Kier alpha value is -1.11. The zero-order valence-corrected chi connectivity index (χ0v) is 12.0. The maximum atomic E-state index is 12.5. The van der Waals surface area contributed by atoms with Gasteiger partial charge in [0.25, 0.3) is 0 Å². The maximum absolute atomic E-state index is 12.5. The molecule has 0 aliphatic heterocycles. The predicted molar refractivity (Wildman–Crippen MR) is 71.8 cm³/mol. The van der Waals surface area contributed by atoms with Crippen molar-refractivity contribution in [3.05, 3.63) is 23.3 Å². The number of sulfonamides is 1. The molecule has 1 rings (SSSR count). The highest BCUT2D eigenvalue weighted by Gasteiger charge is 2.28. The van der Waals surface area contributed by atoms with Crippen LogP contribution < -0.4 is 5.73 Å². The molecule has 1 aromatic carbocycles. The van der Waals surface area contributed by atoms with E-state index >= 15 is 0 Å². The highest BCUT2D eigenvalue weighted by molar-refractivity contribution is 7.89. The van der Waals surface area contributed by atoms with Crippen LogP contribution in [0.3, 0.4) is 0 Å². The van der Waals surface area contributed by atoms with Gasteiger partial charge in [-0.1, -0.05) is 12.1 Å². The summed E-state index contributed by atoms with van der Waals surface area (Å²) in [7, 11) is -2.24. The average Bonchev–Trinajstić information content (AvgIpc) is 2.32. The Kier molecular flexibility index (Phi) is 4.37. The lowest BCUT2D eigenvalue weighted by molar-refractivity contribution is 0.214. The fourth-order valence-electron chi connectivity index (χ4n) is 1.65. The SMILES string of the molecule is Cc1ccc(C)c(S(=O)(=O)N(C)C(C)CO)c1N. The number of nitrogen functional groups attached to an aromatic ring is 1. The molecule has 0 aliphatic carbocycles. The van der Waals surface area contributed by atoms with Gasteiger partial charge in [-0.3, -0.25) is 0 Å². The topological polar surface area (TPSA) is 83.6 Å². The van der Waals surface area contributed by atoms with Crippen LogP contribution in [0.4, 0.5) is 5.69 Å². The molecule has 0 aromatic heterocycles. The third-order valence-electron chi connectivity index (χ3n) is 3.13. The van der Waals surface area contributed by atoms with E-state index in [1.807, 2.05) is 0 Å². The summed E-state index contributed by atoms with van der Waals surface area (Å²) in [6.07, 6.45) is 0. The second-order valence-corrected chi connectivity index (χ2v) is 6.43. The molecule has 0 fully saturated rings. The van der Waals surface area contributed by atoms with Gasteiger partial charge in [-0.15, -0.1) is 0 Å². The van der Waals surface area contributed by atoms with Crippen molar-refractivity contribution < 1.29 is 13.5 Å². The molecule has 5 nitrogen and oxygen atoms in total. The Morgan fingerprint density at radius 1 is 1.33 bits per heavy atom. The molecule has 0 radical (unpaired) electrons. The van der Waals surface area contributed by atoms with Gasteiger partial charge < -0.3 is 10.8 Å². The number of aliphatic hydroxyl groups is 1. The van der Waals surface area contributed by atoms with Crippen molar-refractivity contribution in [2.45, 2.75) is 31.7 Å². The van der Waals surface area contributed by atoms with Crippen LogP contribution in [0.5, 0.6) is 0 Å². The van der Waals surface area contributed by atoms with Crippen molar-refractivity contribution >= 4 is 15.7 Å². The molecule has 1 unspecified atom stereocenters. The molecule has 102 valence electrons. The standard InChI is InChI=1S/C12H20N2O3S/c1-8-5-6-9(2)12(11(8)13)18(16,17)14(4)10(3)7-15/h5-6,10,15H,7,13H2,1-4H3. The fourth-order valence-corrected chi connectivity index (χ4v) is 3.39. The minimum Gasteiger partial charge on any atom is -0.397 e. The minimum atomic E-state index is -3.69. The van der Waals surface area contributed by atoms with Crippen molar-refractivity contribution in [2.75, 3.05) is 19.4 Å². The quantitative estimate of drug-likeness (QED) is 0.797. The zero-order valence-electron chi connectivity index (χ0n) is 11.1. The Morgan fingerprint density at radius 3 is 2.33 bits per heavy atom. The molecular weight excluding hydrogens is 252 g/mol. The van der Waals surface area contributed by atoms with Gasteiger partial charge in [0.15, 0.2) is 0 Å². The summed E-state index contributed by atoms with van der Waals surface area (Å²) in [5.74, 6) is 0. The Bertz CT molecular complexity index is 540. The summed E-state index contributed by atoms with van der Waals surface area (Å²) in [6, 6.07) is 3.03. The molecule has 0 saturated carbocycles. The largest absolute Gasteiger partial charge is 0.397 e. The lowest BCUT2D eigenvalue weighted by Crippen LogP contribution is -2.38. The number of rotatable bonds is 4. The molecule has 1 atom stereocenters. The maximum Gasteiger partial charge on any atom is 0.245 e. The number of nitrogens with two attached hydrogens (primary N) is 1. The molecule has 3 N–H and O–H groups in total. The van der Waals surface area contributed by atoms with E-state index in [0.717, 1.165) is 9.87 Å². The van der Waals surface area contributed by atoms with E-state index in [4.69, 9.17) is 10.8 Å². The van der Waals surface area contributed by atoms with Gasteiger partial charge in [-0.25, -0.2) is 8.42 Å². The van der Waals surface area contributed by atoms with E-state index in [1.54, 1.807) is 32.9 Å². The summed E-state index contributed by atoms with van der Waals surface area (Å²) < 4.78 is 26.1. The van der Waals surface area contributed by atoms with Gasteiger partial charge >= 0.3 is 0 Å². The molecule has 6 heteroatoms. The van der Waals surface area contributed by atoms with Crippen LogP contribution in [-0.2, 0) is 10.0 Å². The summed E-state index contributed by atoms with van der Waals surface area (Å²) in [4.78, 5) is 0.130. The molecule has 0 bridgehead atoms. The van der Waals surface area contributed by atoms with Crippen molar-refractivity contribution in [3.63, 3.8) is 0 Å². The van der Waals surface area contributed by atoms with E-state index < -0.39 is 16.1 Å². The molecule has 0 saturated heterocycles. The van der Waals surface area contributed by atoms with Gasteiger partial charge in [-0.2, -0.15) is 4.31 Å². The van der Waals surface area contributed by atoms with Gasteiger partial charge in [-0.05, 0) is 31.9 Å². The first-order chi connectivity index (χ1) is 8.23. The Balaban J connectivity index is 3.42. The second-order valence-electron chi connectivity index (χ2n) is 4.50. The summed E-state index contributed by atoms with van der Waals surface area (Å²) in [5, 5.41) is 9.07. The van der Waals surface area contributed by atoms with Crippen molar-refractivity contribution in [3.8, 4) is 0 Å². The monoisotopic (exact) mass is 272 g/mol. The third kappa shape index (κ3) is 2.50. The van der Waals surface area contributed by atoms with Gasteiger partial charge in [0.1, 0.15) is 4.90 Å². The first-order valence-corrected chi connectivity index (χ1v) is 7.12. The van der Waals surface area contributed by atoms with Crippen LogP contribution in [0.25, 0.3) is 0 Å². The minimum absolute atomic E-state index is 0.130. The van der Waals surface area contributed by atoms with Crippen LogP contribution >= 0.6 is 0 Å². The number of nitrogens with zero attached hydrogens (tertiary/aromatic N) is 1. The van der Waals surface area contributed by atoms with Crippen LogP contribution in [0, 0.1) is 13.8 Å². The molecule has 0 aliphatic rings. The molecule has 18 heavy (non-hydrogen) atoms.